The molecule has 2 nitrogen and oxygen atoms in total. The Morgan fingerprint density at radius 1 is 1.11 bits per heavy atom. The molecule has 0 atom stereocenters. The molecule has 2 aromatic carbocycles. The second kappa shape index (κ2) is 5.02. The first kappa shape index (κ1) is 12.2. The Morgan fingerprint density at radius 2 is 1.95 bits per heavy atom. The summed E-state index contributed by atoms with van der Waals surface area (Å²) in [5, 5.41) is 0. The fourth-order valence-corrected chi connectivity index (χ4v) is 2.57. The second-order valence-corrected chi connectivity index (χ2v) is 4.81. The maximum Gasteiger partial charge on any atom is 0.134 e. The average Bonchev–Trinajstić information content (AvgIpc) is 2.86. The summed E-state index contributed by atoms with van der Waals surface area (Å²) in [6.07, 6.45) is 3.44. The summed E-state index contributed by atoms with van der Waals surface area (Å²) in [7, 11) is 0. The fraction of sp³-hybridized carbons (Fsp3) is 0.250. The molecule has 0 aromatic heterocycles. The van der Waals surface area contributed by atoms with Gasteiger partial charge in [0, 0.05) is 12.1 Å². The summed E-state index contributed by atoms with van der Waals surface area (Å²) in [5.41, 5.74) is 8.73. The lowest BCUT2D eigenvalue weighted by atomic mass is 10.1. The van der Waals surface area contributed by atoms with Gasteiger partial charge < -0.3 is 10.5 Å². The molecule has 0 saturated carbocycles. The van der Waals surface area contributed by atoms with E-state index in [1.54, 1.807) is 12.1 Å². The minimum Gasteiger partial charge on any atom is -0.457 e. The molecule has 19 heavy (non-hydrogen) atoms. The molecule has 1 aliphatic rings. The summed E-state index contributed by atoms with van der Waals surface area (Å²) in [4.78, 5) is 0. The van der Waals surface area contributed by atoms with E-state index in [2.05, 4.69) is 6.07 Å². The van der Waals surface area contributed by atoms with Crippen LogP contribution >= 0.6 is 0 Å². The average molecular weight is 257 g/mol. The smallest absolute Gasteiger partial charge is 0.134 e. The zero-order valence-corrected chi connectivity index (χ0v) is 10.7. The van der Waals surface area contributed by atoms with Crippen molar-refractivity contribution in [2.45, 2.75) is 25.8 Å². The molecule has 0 amide bonds. The lowest BCUT2D eigenvalue weighted by Gasteiger charge is -2.11. The molecule has 3 heteroatoms. The number of aryl methyl sites for hydroxylation is 2. The third-order valence-corrected chi connectivity index (χ3v) is 3.58. The van der Waals surface area contributed by atoms with Gasteiger partial charge in [0.2, 0.25) is 0 Å². The zero-order chi connectivity index (χ0) is 13.2. The van der Waals surface area contributed by atoms with Gasteiger partial charge >= 0.3 is 0 Å². The highest BCUT2D eigenvalue weighted by Gasteiger charge is 2.13. The molecular weight excluding hydrogens is 241 g/mol. The van der Waals surface area contributed by atoms with Crippen molar-refractivity contribution in [3.63, 3.8) is 0 Å². The molecule has 1 aliphatic carbocycles. The van der Waals surface area contributed by atoms with Crippen molar-refractivity contribution in [1.29, 1.82) is 0 Å². The molecule has 0 unspecified atom stereocenters. The van der Waals surface area contributed by atoms with Crippen LogP contribution in [-0.2, 0) is 19.4 Å². The number of fused-ring (bicyclic) bond motifs is 1. The van der Waals surface area contributed by atoms with Crippen LogP contribution in [0, 0.1) is 5.82 Å². The Morgan fingerprint density at radius 3 is 2.79 bits per heavy atom. The van der Waals surface area contributed by atoms with Crippen LogP contribution in [0.5, 0.6) is 11.5 Å². The third kappa shape index (κ3) is 2.34. The van der Waals surface area contributed by atoms with Crippen LogP contribution in [0.1, 0.15) is 23.1 Å². The predicted octanol–water partition coefficient (Wildman–Crippen LogP) is 3.57. The lowest BCUT2D eigenvalue weighted by molar-refractivity contribution is 0.467. The van der Waals surface area contributed by atoms with Crippen molar-refractivity contribution in [2.24, 2.45) is 5.73 Å². The van der Waals surface area contributed by atoms with E-state index in [9.17, 15) is 4.39 Å². The molecule has 0 fully saturated rings. The van der Waals surface area contributed by atoms with E-state index < -0.39 is 0 Å². The Hall–Kier alpha value is -1.87. The van der Waals surface area contributed by atoms with Crippen LogP contribution in [0.2, 0.25) is 0 Å². The molecule has 0 heterocycles. The predicted molar refractivity (Wildman–Crippen MR) is 72.8 cm³/mol. The van der Waals surface area contributed by atoms with Gasteiger partial charge in [0.05, 0.1) is 0 Å². The standard InChI is InChI=1S/C16H16FNO/c17-15-5-2-6-16(14(15)10-18)19-13-8-7-11-3-1-4-12(11)9-13/h2,5-9H,1,3-4,10,18H2. The molecule has 0 saturated heterocycles. The number of benzene rings is 2. The van der Waals surface area contributed by atoms with Crippen molar-refractivity contribution < 1.29 is 9.13 Å². The topological polar surface area (TPSA) is 35.2 Å². The SMILES string of the molecule is NCc1c(F)cccc1Oc1ccc2c(c1)CCC2. The van der Waals surface area contributed by atoms with Crippen molar-refractivity contribution >= 4 is 0 Å². The van der Waals surface area contributed by atoms with Crippen molar-refractivity contribution in [3.8, 4) is 11.5 Å². The van der Waals surface area contributed by atoms with E-state index in [0.717, 1.165) is 18.6 Å². The van der Waals surface area contributed by atoms with Gasteiger partial charge in [-0.25, -0.2) is 4.39 Å². The van der Waals surface area contributed by atoms with Crippen LogP contribution < -0.4 is 10.5 Å². The highest BCUT2D eigenvalue weighted by molar-refractivity contribution is 5.43. The monoisotopic (exact) mass is 257 g/mol. The van der Waals surface area contributed by atoms with Crippen molar-refractivity contribution in [2.75, 3.05) is 0 Å². The summed E-state index contributed by atoms with van der Waals surface area (Å²) in [6.45, 7) is 0.132. The lowest BCUT2D eigenvalue weighted by Crippen LogP contribution is -2.02. The highest BCUT2D eigenvalue weighted by Crippen LogP contribution is 2.31. The molecule has 0 radical (unpaired) electrons. The van der Waals surface area contributed by atoms with Gasteiger partial charge in [0.25, 0.3) is 0 Å². The van der Waals surface area contributed by atoms with Crippen LogP contribution in [-0.4, -0.2) is 0 Å². The molecule has 98 valence electrons. The Kier molecular flexibility index (Phi) is 3.22. The first-order chi connectivity index (χ1) is 9.28. The van der Waals surface area contributed by atoms with Crippen LogP contribution in [0.25, 0.3) is 0 Å². The summed E-state index contributed by atoms with van der Waals surface area (Å²) in [6, 6.07) is 10.9. The Balaban J connectivity index is 1.91. The second-order valence-electron chi connectivity index (χ2n) is 4.81. The van der Waals surface area contributed by atoms with Crippen LogP contribution in [0.3, 0.4) is 0 Å². The van der Waals surface area contributed by atoms with Gasteiger partial charge in [0.1, 0.15) is 17.3 Å². The van der Waals surface area contributed by atoms with E-state index in [1.807, 2.05) is 12.1 Å². The van der Waals surface area contributed by atoms with E-state index >= 15 is 0 Å². The molecule has 0 aliphatic heterocycles. The number of ether oxygens (including phenoxy) is 1. The van der Waals surface area contributed by atoms with Gasteiger partial charge in [-0.3, -0.25) is 0 Å². The Bertz CT molecular complexity index is 610. The maximum atomic E-state index is 13.6. The Labute approximate surface area is 112 Å². The molecule has 0 spiro atoms. The molecule has 2 N–H and O–H groups in total. The first-order valence-electron chi connectivity index (χ1n) is 6.55. The van der Waals surface area contributed by atoms with Crippen molar-refractivity contribution in [1.82, 2.24) is 0 Å². The molecule has 0 bridgehead atoms. The summed E-state index contributed by atoms with van der Waals surface area (Å²) < 4.78 is 19.4. The minimum absolute atomic E-state index is 0.132. The number of hydrogen-bond donors (Lipinski definition) is 1. The first-order valence-corrected chi connectivity index (χ1v) is 6.55. The zero-order valence-electron chi connectivity index (χ0n) is 10.7. The molecule has 3 rings (SSSR count). The van der Waals surface area contributed by atoms with E-state index in [4.69, 9.17) is 10.5 Å². The maximum absolute atomic E-state index is 13.6. The quantitative estimate of drug-likeness (QED) is 0.912. The highest BCUT2D eigenvalue weighted by atomic mass is 19.1. The van der Waals surface area contributed by atoms with Gasteiger partial charge in [0.15, 0.2) is 0 Å². The van der Waals surface area contributed by atoms with Gasteiger partial charge in [-0.2, -0.15) is 0 Å². The number of rotatable bonds is 3. The fourth-order valence-electron chi connectivity index (χ4n) is 2.57. The van der Waals surface area contributed by atoms with Gasteiger partial charge in [-0.1, -0.05) is 12.1 Å². The molecule has 2 aromatic rings. The molecular formula is C16H16FNO. The largest absolute Gasteiger partial charge is 0.457 e. The van der Waals surface area contributed by atoms with Crippen LogP contribution in [0.4, 0.5) is 4.39 Å². The normalized spacial score (nSPS) is 13.4. The van der Waals surface area contributed by atoms with E-state index in [1.165, 1.54) is 23.6 Å². The summed E-state index contributed by atoms with van der Waals surface area (Å²) >= 11 is 0. The minimum atomic E-state index is -0.318. The van der Waals surface area contributed by atoms with Crippen molar-refractivity contribution in [3.05, 3.63) is 58.9 Å². The van der Waals surface area contributed by atoms with E-state index in [-0.39, 0.29) is 12.4 Å². The van der Waals surface area contributed by atoms with E-state index in [0.29, 0.717) is 11.3 Å². The number of halogens is 1. The third-order valence-electron chi connectivity index (χ3n) is 3.58. The number of hydrogen-bond acceptors (Lipinski definition) is 2. The van der Waals surface area contributed by atoms with Crippen LogP contribution in [0.15, 0.2) is 36.4 Å². The van der Waals surface area contributed by atoms with Gasteiger partial charge in [-0.15, -0.1) is 0 Å². The summed E-state index contributed by atoms with van der Waals surface area (Å²) in [5.74, 6) is 0.933. The van der Waals surface area contributed by atoms with Gasteiger partial charge in [-0.05, 0) is 54.7 Å². The number of nitrogens with two attached hydrogens (primary N) is 1.